The van der Waals surface area contributed by atoms with Gasteiger partial charge in [0.25, 0.3) is 5.91 Å². The van der Waals surface area contributed by atoms with Crippen LogP contribution in [0, 0.1) is 0 Å². The Labute approximate surface area is 126 Å². The molecule has 0 spiro atoms. The maximum absolute atomic E-state index is 12.1. The van der Waals surface area contributed by atoms with Crippen LogP contribution in [0.4, 0.5) is 0 Å². The SMILES string of the molecule is COC(=O)c1ccc(C(=O)N[C@@H]2C[C@H]2c2ccccc2)s1. The van der Waals surface area contributed by atoms with E-state index in [0.29, 0.717) is 15.7 Å². The van der Waals surface area contributed by atoms with Crippen LogP contribution in [0.3, 0.4) is 0 Å². The first-order chi connectivity index (χ1) is 10.2. The van der Waals surface area contributed by atoms with Gasteiger partial charge in [0, 0.05) is 12.0 Å². The topological polar surface area (TPSA) is 55.4 Å². The summed E-state index contributed by atoms with van der Waals surface area (Å²) >= 11 is 1.15. The van der Waals surface area contributed by atoms with Crippen molar-refractivity contribution in [1.29, 1.82) is 0 Å². The van der Waals surface area contributed by atoms with Gasteiger partial charge in [-0.15, -0.1) is 11.3 Å². The zero-order chi connectivity index (χ0) is 14.8. The highest BCUT2D eigenvalue weighted by Gasteiger charge is 2.39. The first-order valence-electron chi connectivity index (χ1n) is 6.73. The lowest BCUT2D eigenvalue weighted by Crippen LogP contribution is -2.25. The maximum Gasteiger partial charge on any atom is 0.348 e. The molecular weight excluding hydrogens is 286 g/mol. The monoisotopic (exact) mass is 301 g/mol. The normalized spacial score (nSPS) is 19.9. The molecule has 5 heteroatoms. The van der Waals surface area contributed by atoms with Crippen LogP contribution in [0.15, 0.2) is 42.5 Å². The molecule has 108 valence electrons. The van der Waals surface area contributed by atoms with Gasteiger partial charge in [-0.05, 0) is 24.1 Å². The molecule has 0 unspecified atom stereocenters. The Morgan fingerprint density at radius 2 is 1.86 bits per heavy atom. The zero-order valence-corrected chi connectivity index (χ0v) is 12.4. The number of nitrogens with one attached hydrogen (secondary N) is 1. The van der Waals surface area contributed by atoms with Gasteiger partial charge in [0.05, 0.1) is 12.0 Å². The van der Waals surface area contributed by atoms with E-state index >= 15 is 0 Å². The number of carbonyl (C=O) groups excluding carboxylic acids is 2. The number of ether oxygens (including phenoxy) is 1. The van der Waals surface area contributed by atoms with Gasteiger partial charge < -0.3 is 10.1 Å². The molecule has 2 atom stereocenters. The third kappa shape index (κ3) is 2.97. The van der Waals surface area contributed by atoms with Gasteiger partial charge in [-0.1, -0.05) is 30.3 Å². The van der Waals surface area contributed by atoms with Crippen LogP contribution in [0.1, 0.15) is 37.2 Å². The predicted molar refractivity (Wildman–Crippen MR) is 80.7 cm³/mol. The molecule has 1 aliphatic rings. The minimum atomic E-state index is -0.410. The number of hydrogen-bond acceptors (Lipinski definition) is 4. The third-order valence-electron chi connectivity index (χ3n) is 3.55. The fraction of sp³-hybridized carbons (Fsp3) is 0.250. The van der Waals surface area contributed by atoms with E-state index in [9.17, 15) is 9.59 Å². The molecule has 1 heterocycles. The molecule has 0 bridgehead atoms. The second kappa shape index (κ2) is 5.69. The number of benzene rings is 1. The molecule has 1 amide bonds. The van der Waals surface area contributed by atoms with Crippen LogP contribution in [0.5, 0.6) is 0 Å². The van der Waals surface area contributed by atoms with Crippen molar-refractivity contribution in [2.75, 3.05) is 7.11 Å². The smallest absolute Gasteiger partial charge is 0.348 e. The summed E-state index contributed by atoms with van der Waals surface area (Å²) < 4.78 is 4.64. The molecule has 1 fully saturated rings. The minimum Gasteiger partial charge on any atom is -0.465 e. The molecule has 1 saturated carbocycles. The average Bonchev–Trinajstić information content (AvgIpc) is 3.10. The molecule has 2 aromatic rings. The number of amides is 1. The minimum absolute atomic E-state index is 0.126. The van der Waals surface area contributed by atoms with E-state index in [-0.39, 0.29) is 11.9 Å². The molecule has 3 rings (SSSR count). The summed E-state index contributed by atoms with van der Waals surface area (Å²) in [6.07, 6.45) is 0.963. The zero-order valence-electron chi connectivity index (χ0n) is 11.5. The van der Waals surface area contributed by atoms with Gasteiger partial charge in [-0.3, -0.25) is 4.79 Å². The summed E-state index contributed by atoms with van der Waals surface area (Å²) in [6.45, 7) is 0. The van der Waals surface area contributed by atoms with Crippen molar-refractivity contribution in [3.63, 3.8) is 0 Å². The Morgan fingerprint density at radius 1 is 1.14 bits per heavy atom. The van der Waals surface area contributed by atoms with Crippen LogP contribution in [-0.2, 0) is 4.74 Å². The molecule has 1 aliphatic carbocycles. The Bertz CT molecular complexity index is 665. The predicted octanol–water partition coefficient (Wildman–Crippen LogP) is 2.82. The molecule has 0 saturated heterocycles. The molecular formula is C16H15NO3S. The van der Waals surface area contributed by atoms with Crippen molar-refractivity contribution in [1.82, 2.24) is 5.32 Å². The first-order valence-corrected chi connectivity index (χ1v) is 7.54. The van der Waals surface area contributed by atoms with E-state index in [1.54, 1.807) is 12.1 Å². The van der Waals surface area contributed by atoms with Gasteiger partial charge in [0.2, 0.25) is 0 Å². The molecule has 1 aromatic carbocycles. The van der Waals surface area contributed by atoms with Gasteiger partial charge in [-0.25, -0.2) is 4.79 Å². The van der Waals surface area contributed by atoms with E-state index in [1.807, 2.05) is 18.2 Å². The highest BCUT2D eigenvalue weighted by atomic mass is 32.1. The van der Waals surface area contributed by atoms with Crippen molar-refractivity contribution in [3.8, 4) is 0 Å². The summed E-state index contributed by atoms with van der Waals surface area (Å²) in [6, 6.07) is 13.6. The number of thiophene rings is 1. The standard InChI is InChI=1S/C16H15NO3S/c1-20-16(19)14-8-7-13(21-14)15(18)17-12-9-11(12)10-5-3-2-4-6-10/h2-8,11-12H,9H2,1H3,(H,17,18)/t11-,12+/m0/s1. The molecule has 1 aromatic heterocycles. The Balaban J connectivity index is 1.61. The summed E-state index contributed by atoms with van der Waals surface area (Å²) in [5.41, 5.74) is 1.25. The summed E-state index contributed by atoms with van der Waals surface area (Å²) in [4.78, 5) is 24.5. The number of rotatable bonds is 4. The third-order valence-corrected chi connectivity index (χ3v) is 4.62. The quantitative estimate of drug-likeness (QED) is 0.884. The van der Waals surface area contributed by atoms with E-state index in [0.717, 1.165) is 17.8 Å². The molecule has 0 aliphatic heterocycles. The lowest BCUT2D eigenvalue weighted by molar-refractivity contribution is 0.0606. The summed E-state index contributed by atoms with van der Waals surface area (Å²) in [5.74, 6) is -0.138. The fourth-order valence-electron chi connectivity index (χ4n) is 2.33. The molecule has 21 heavy (non-hydrogen) atoms. The second-order valence-electron chi connectivity index (χ2n) is 4.99. The van der Waals surface area contributed by atoms with E-state index in [2.05, 4.69) is 22.2 Å². The highest BCUT2D eigenvalue weighted by molar-refractivity contribution is 7.15. The largest absolute Gasteiger partial charge is 0.465 e. The van der Waals surface area contributed by atoms with Crippen LogP contribution < -0.4 is 5.32 Å². The molecule has 0 radical (unpaired) electrons. The second-order valence-corrected chi connectivity index (χ2v) is 6.07. The summed E-state index contributed by atoms with van der Waals surface area (Å²) in [7, 11) is 1.33. The lowest BCUT2D eigenvalue weighted by atomic mass is 10.1. The van der Waals surface area contributed by atoms with Crippen molar-refractivity contribution in [3.05, 3.63) is 57.8 Å². The number of hydrogen-bond donors (Lipinski definition) is 1. The Hall–Kier alpha value is -2.14. The van der Waals surface area contributed by atoms with Gasteiger partial charge in [0.15, 0.2) is 0 Å². The Kier molecular flexibility index (Phi) is 3.75. The van der Waals surface area contributed by atoms with Crippen LogP contribution >= 0.6 is 11.3 Å². The van der Waals surface area contributed by atoms with Crippen molar-refractivity contribution >= 4 is 23.2 Å². The first kappa shape index (κ1) is 13.8. The molecule has 1 N–H and O–H groups in total. The fourth-order valence-corrected chi connectivity index (χ4v) is 3.16. The summed E-state index contributed by atoms with van der Waals surface area (Å²) in [5, 5.41) is 3.01. The lowest BCUT2D eigenvalue weighted by Gasteiger charge is -2.03. The Morgan fingerprint density at radius 3 is 2.57 bits per heavy atom. The molecule has 4 nitrogen and oxygen atoms in total. The van der Waals surface area contributed by atoms with Gasteiger partial charge in [0.1, 0.15) is 4.88 Å². The van der Waals surface area contributed by atoms with E-state index in [4.69, 9.17) is 0 Å². The van der Waals surface area contributed by atoms with Gasteiger partial charge in [-0.2, -0.15) is 0 Å². The van der Waals surface area contributed by atoms with Crippen LogP contribution in [0.2, 0.25) is 0 Å². The average molecular weight is 301 g/mol. The number of esters is 1. The maximum atomic E-state index is 12.1. The van der Waals surface area contributed by atoms with E-state index < -0.39 is 5.97 Å². The van der Waals surface area contributed by atoms with Crippen LogP contribution in [-0.4, -0.2) is 25.0 Å². The van der Waals surface area contributed by atoms with Crippen molar-refractivity contribution < 1.29 is 14.3 Å². The van der Waals surface area contributed by atoms with Crippen molar-refractivity contribution in [2.24, 2.45) is 0 Å². The number of methoxy groups -OCH3 is 1. The van der Waals surface area contributed by atoms with Crippen molar-refractivity contribution in [2.45, 2.75) is 18.4 Å². The van der Waals surface area contributed by atoms with Crippen LogP contribution in [0.25, 0.3) is 0 Å². The van der Waals surface area contributed by atoms with Gasteiger partial charge >= 0.3 is 5.97 Å². The van der Waals surface area contributed by atoms with E-state index in [1.165, 1.54) is 12.7 Å². The number of carbonyl (C=O) groups is 2. The highest BCUT2D eigenvalue weighted by Crippen LogP contribution is 2.40.